The molecule has 0 unspecified atom stereocenters. The van der Waals surface area contributed by atoms with Gasteiger partial charge in [0.15, 0.2) is 17.6 Å². The van der Waals surface area contributed by atoms with Crippen LogP contribution in [0, 0.1) is 0 Å². The van der Waals surface area contributed by atoms with Gasteiger partial charge in [-0.2, -0.15) is 0 Å². The normalized spacial score (nSPS) is 11.5. The monoisotopic (exact) mass is 504 g/mol. The van der Waals surface area contributed by atoms with E-state index in [0.29, 0.717) is 24.7 Å². The van der Waals surface area contributed by atoms with Gasteiger partial charge in [-0.1, -0.05) is 87.6 Å². The summed E-state index contributed by atoms with van der Waals surface area (Å²) in [5.41, 5.74) is 3.03. The molecule has 3 aromatic rings. The highest BCUT2D eigenvalue weighted by molar-refractivity contribution is 5.75. The number of hydrogen-bond acceptors (Lipinski definition) is 5. The number of hydrogen-bond donors (Lipinski definition) is 0. The van der Waals surface area contributed by atoms with Crippen LogP contribution in [0.25, 0.3) is 11.1 Å². The van der Waals surface area contributed by atoms with Crippen molar-refractivity contribution < 1.29 is 23.7 Å². The Kier molecular flexibility index (Phi) is 11.9. The predicted molar refractivity (Wildman–Crippen MR) is 148 cm³/mol. The molecule has 3 rings (SSSR count). The van der Waals surface area contributed by atoms with Crippen LogP contribution in [0.2, 0.25) is 0 Å². The zero-order valence-corrected chi connectivity index (χ0v) is 22.4. The molecular weight excluding hydrogens is 464 g/mol. The van der Waals surface area contributed by atoms with Crippen molar-refractivity contribution in [3.8, 4) is 28.4 Å². The SMILES string of the molecule is CCCCCCCCOc1ccc(-c2ccc(OCc3ccccc3)c(O[C@H](C)C(=O)OCC)c2)cc1. The third-order valence-corrected chi connectivity index (χ3v) is 6.06. The molecule has 37 heavy (non-hydrogen) atoms. The molecule has 5 heteroatoms. The molecule has 198 valence electrons. The molecule has 0 bridgehead atoms. The van der Waals surface area contributed by atoms with E-state index >= 15 is 0 Å². The topological polar surface area (TPSA) is 54.0 Å². The van der Waals surface area contributed by atoms with Crippen molar-refractivity contribution in [2.45, 2.75) is 72.0 Å². The van der Waals surface area contributed by atoms with Crippen molar-refractivity contribution in [3.63, 3.8) is 0 Å². The molecular formula is C32H40O5. The molecule has 0 saturated carbocycles. The van der Waals surface area contributed by atoms with Gasteiger partial charge in [-0.3, -0.25) is 0 Å². The summed E-state index contributed by atoms with van der Waals surface area (Å²) in [6, 6.07) is 23.8. The standard InChI is InChI=1S/C32H40O5/c1-4-6-7-8-9-13-22-35-29-19-16-27(17-20-29)28-18-21-30(36-24-26-14-11-10-12-15-26)31(23-28)37-25(3)32(33)34-5-2/h10-12,14-21,23,25H,4-9,13,22,24H2,1-3H3/t25-/m1/s1. The number of esters is 1. The lowest BCUT2D eigenvalue weighted by atomic mass is 10.0. The molecule has 0 aliphatic carbocycles. The number of benzene rings is 3. The molecule has 0 fully saturated rings. The summed E-state index contributed by atoms with van der Waals surface area (Å²) < 4.78 is 23.1. The largest absolute Gasteiger partial charge is 0.494 e. The molecule has 3 aromatic carbocycles. The molecule has 1 atom stereocenters. The fourth-order valence-corrected chi connectivity index (χ4v) is 3.95. The van der Waals surface area contributed by atoms with Gasteiger partial charge in [0.2, 0.25) is 0 Å². The summed E-state index contributed by atoms with van der Waals surface area (Å²) in [6.07, 6.45) is 6.71. The predicted octanol–water partition coefficient (Wildman–Crippen LogP) is 8.00. The fraction of sp³-hybridized carbons (Fsp3) is 0.406. The van der Waals surface area contributed by atoms with Crippen molar-refractivity contribution in [2.75, 3.05) is 13.2 Å². The lowest BCUT2D eigenvalue weighted by molar-refractivity contribution is -0.150. The van der Waals surface area contributed by atoms with Crippen molar-refractivity contribution in [3.05, 3.63) is 78.4 Å². The number of rotatable bonds is 16. The van der Waals surface area contributed by atoms with E-state index in [1.54, 1.807) is 13.8 Å². The summed E-state index contributed by atoms with van der Waals surface area (Å²) in [5.74, 6) is 1.53. The minimum atomic E-state index is -0.757. The van der Waals surface area contributed by atoms with Gasteiger partial charge < -0.3 is 18.9 Å². The van der Waals surface area contributed by atoms with Crippen LogP contribution in [0.15, 0.2) is 72.8 Å². The van der Waals surface area contributed by atoms with Crippen LogP contribution in [0.3, 0.4) is 0 Å². The lowest BCUT2D eigenvalue weighted by Crippen LogP contribution is -2.26. The number of ether oxygens (including phenoxy) is 4. The Morgan fingerprint density at radius 3 is 2.19 bits per heavy atom. The molecule has 0 amide bonds. The van der Waals surface area contributed by atoms with Gasteiger partial charge in [-0.25, -0.2) is 4.79 Å². The van der Waals surface area contributed by atoms with Crippen LogP contribution >= 0.6 is 0 Å². The Labute approximate surface area is 221 Å². The van der Waals surface area contributed by atoms with Crippen LogP contribution in [-0.4, -0.2) is 25.3 Å². The summed E-state index contributed by atoms with van der Waals surface area (Å²) in [6.45, 7) is 7.13. The van der Waals surface area contributed by atoms with Crippen LogP contribution < -0.4 is 14.2 Å². The van der Waals surface area contributed by atoms with E-state index in [9.17, 15) is 4.79 Å². The Morgan fingerprint density at radius 1 is 0.757 bits per heavy atom. The van der Waals surface area contributed by atoms with E-state index in [-0.39, 0.29) is 0 Å². The zero-order chi connectivity index (χ0) is 26.3. The van der Waals surface area contributed by atoms with Gasteiger partial charge in [0, 0.05) is 0 Å². The second-order valence-electron chi connectivity index (χ2n) is 9.09. The number of unbranched alkanes of at least 4 members (excludes halogenated alkanes) is 5. The molecule has 0 aliphatic heterocycles. The van der Waals surface area contributed by atoms with E-state index in [1.165, 1.54) is 32.1 Å². The van der Waals surface area contributed by atoms with Crippen molar-refractivity contribution >= 4 is 5.97 Å². The van der Waals surface area contributed by atoms with Crippen LogP contribution in [0.5, 0.6) is 17.2 Å². The Balaban J connectivity index is 1.67. The van der Waals surface area contributed by atoms with Crippen LogP contribution in [-0.2, 0) is 16.1 Å². The van der Waals surface area contributed by atoms with Crippen LogP contribution in [0.4, 0.5) is 0 Å². The van der Waals surface area contributed by atoms with Gasteiger partial charge in [0.05, 0.1) is 13.2 Å². The van der Waals surface area contributed by atoms with Gasteiger partial charge in [-0.15, -0.1) is 0 Å². The second-order valence-corrected chi connectivity index (χ2v) is 9.09. The molecule has 0 N–H and O–H groups in total. The molecule has 0 saturated heterocycles. The highest BCUT2D eigenvalue weighted by Gasteiger charge is 2.19. The maximum absolute atomic E-state index is 12.2. The first-order valence-corrected chi connectivity index (χ1v) is 13.5. The first-order chi connectivity index (χ1) is 18.1. The first-order valence-electron chi connectivity index (χ1n) is 13.5. The first kappa shape index (κ1) is 28.1. The molecule has 0 radical (unpaired) electrons. The zero-order valence-electron chi connectivity index (χ0n) is 22.4. The number of carbonyl (C=O) groups excluding carboxylic acids is 1. The molecule has 0 spiro atoms. The van der Waals surface area contributed by atoms with Gasteiger partial charge in [0.1, 0.15) is 12.4 Å². The second kappa shape index (κ2) is 15.6. The van der Waals surface area contributed by atoms with E-state index in [4.69, 9.17) is 18.9 Å². The van der Waals surface area contributed by atoms with Gasteiger partial charge in [0.25, 0.3) is 0 Å². The minimum absolute atomic E-state index is 0.303. The lowest BCUT2D eigenvalue weighted by Gasteiger charge is -2.18. The highest BCUT2D eigenvalue weighted by atomic mass is 16.6. The summed E-state index contributed by atoms with van der Waals surface area (Å²) in [4.78, 5) is 12.2. The fourth-order valence-electron chi connectivity index (χ4n) is 3.95. The summed E-state index contributed by atoms with van der Waals surface area (Å²) >= 11 is 0. The Morgan fingerprint density at radius 2 is 1.46 bits per heavy atom. The Hall–Kier alpha value is -3.47. The minimum Gasteiger partial charge on any atom is -0.494 e. The van der Waals surface area contributed by atoms with E-state index < -0.39 is 12.1 Å². The molecule has 5 nitrogen and oxygen atoms in total. The third-order valence-electron chi connectivity index (χ3n) is 6.06. The van der Waals surface area contributed by atoms with Crippen LogP contribution in [0.1, 0.15) is 64.9 Å². The van der Waals surface area contributed by atoms with Crippen molar-refractivity contribution in [2.24, 2.45) is 0 Å². The average molecular weight is 505 g/mol. The Bertz CT molecular complexity index is 1060. The number of carbonyl (C=O) groups is 1. The molecule has 0 aliphatic rings. The summed E-state index contributed by atoms with van der Waals surface area (Å²) in [5, 5.41) is 0. The smallest absolute Gasteiger partial charge is 0.347 e. The molecule has 0 aromatic heterocycles. The third kappa shape index (κ3) is 9.49. The van der Waals surface area contributed by atoms with Gasteiger partial charge >= 0.3 is 5.97 Å². The average Bonchev–Trinajstić information content (AvgIpc) is 2.93. The van der Waals surface area contributed by atoms with E-state index in [1.807, 2.05) is 72.8 Å². The maximum Gasteiger partial charge on any atom is 0.347 e. The molecule has 0 heterocycles. The quantitative estimate of drug-likeness (QED) is 0.146. The van der Waals surface area contributed by atoms with E-state index in [0.717, 1.165) is 35.5 Å². The van der Waals surface area contributed by atoms with Gasteiger partial charge in [-0.05, 0) is 61.2 Å². The maximum atomic E-state index is 12.2. The highest BCUT2D eigenvalue weighted by Crippen LogP contribution is 2.34. The van der Waals surface area contributed by atoms with Crippen molar-refractivity contribution in [1.82, 2.24) is 0 Å². The summed E-state index contributed by atoms with van der Waals surface area (Å²) in [7, 11) is 0. The van der Waals surface area contributed by atoms with Crippen molar-refractivity contribution in [1.29, 1.82) is 0 Å². The van der Waals surface area contributed by atoms with E-state index in [2.05, 4.69) is 6.92 Å².